The second-order valence-electron chi connectivity index (χ2n) is 3.45. The largest absolute Gasteiger partial charge is 0.481 e. The van der Waals surface area contributed by atoms with Crippen LogP contribution in [0.5, 0.6) is 0 Å². The van der Waals surface area contributed by atoms with Crippen molar-refractivity contribution in [1.82, 2.24) is 10.2 Å². The van der Waals surface area contributed by atoms with Crippen LogP contribution in [0.2, 0.25) is 0 Å². The Morgan fingerprint density at radius 1 is 1.25 bits per heavy atom. The molecule has 6 heteroatoms. The minimum Gasteiger partial charge on any atom is -0.481 e. The zero-order chi connectivity index (χ0) is 12.6. The molecule has 0 saturated heterocycles. The lowest BCUT2D eigenvalue weighted by molar-refractivity contribution is -0.138. The van der Waals surface area contributed by atoms with Crippen molar-refractivity contribution in [3.63, 3.8) is 0 Å². The van der Waals surface area contributed by atoms with E-state index in [1.54, 1.807) is 6.92 Å². The molecule has 2 amide bonds. The van der Waals surface area contributed by atoms with E-state index in [0.29, 0.717) is 13.0 Å². The highest BCUT2D eigenvalue weighted by atomic mass is 16.4. The molecular formula is C10H18N2O4. The monoisotopic (exact) mass is 230 g/mol. The molecule has 0 aliphatic heterocycles. The molecule has 0 bridgehead atoms. The number of carbonyl (C=O) groups excluding carboxylic acids is 2. The molecule has 2 N–H and O–H groups in total. The molecule has 0 rings (SSSR count). The number of carboxylic acid groups (broad SMARTS) is 1. The van der Waals surface area contributed by atoms with E-state index in [9.17, 15) is 14.4 Å². The third kappa shape index (κ3) is 6.80. The van der Waals surface area contributed by atoms with Gasteiger partial charge in [-0.15, -0.1) is 0 Å². The van der Waals surface area contributed by atoms with Crippen LogP contribution < -0.4 is 5.32 Å². The lowest BCUT2D eigenvalue weighted by atomic mass is 10.2. The zero-order valence-corrected chi connectivity index (χ0v) is 9.65. The Balaban J connectivity index is 3.81. The lowest BCUT2D eigenvalue weighted by Crippen LogP contribution is -2.38. The van der Waals surface area contributed by atoms with E-state index in [2.05, 4.69) is 5.32 Å². The van der Waals surface area contributed by atoms with Crippen LogP contribution in [-0.2, 0) is 14.4 Å². The fourth-order valence-electron chi connectivity index (χ4n) is 1.14. The molecule has 0 aromatic heterocycles. The van der Waals surface area contributed by atoms with Crippen molar-refractivity contribution in [3.8, 4) is 0 Å². The normalized spacial score (nSPS) is 9.62. The van der Waals surface area contributed by atoms with Gasteiger partial charge in [0.1, 0.15) is 0 Å². The maximum absolute atomic E-state index is 11.4. The Bertz CT molecular complexity index is 266. The quantitative estimate of drug-likeness (QED) is 0.636. The predicted molar refractivity (Wildman–Crippen MR) is 57.8 cm³/mol. The summed E-state index contributed by atoms with van der Waals surface area (Å²) < 4.78 is 0. The van der Waals surface area contributed by atoms with Gasteiger partial charge in [-0.3, -0.25) is 14.4 Å². The molecule has 0 saturated carbocycles. The summed E-state index contributed by atoms with van der Waals surface area (Å²) in [7, 11) is 1.53. The fraction of sp³-hybridized carbons (Fsp3) is 0.700. The third-order valence-corrected chi connectivity index (χ3v) is 1.96. The summed E-state index contributed by atoms with van der Waals surface area (Å²) in [6, 6.07) is 0. The van der Waals surface area contributed by atoms with Gasteiger partial charge in [-0.2, -0.15) is 0 Å². The van der Waals surface area contributed by atoms with Crippen LogP contribution in [0.15, 0.2) is 0 Å². The summed E-state index contributed by atoms with van der Waals surface area (Å²) in [5.74, 6) is -1.34. The van der Waals surface area contributed by atoms with E-state index in [1.165, 1.54) is 11.9 Å². The molecule has 0 atom stereocenters. The lowest BCUT2D eigenvalue weighted by Gasteiger charge is -2.16. The number of amides is 2. The summed E-state index contributed by atoms with van der Waals surface area (Å²) in [5, 5.41) is 11.0. The molecule has 0 aromatic rings. The highest BCUT2D eigenvalue weighted by molar-refractivity contribution is 5.84. The number of carbonyl (C=O) groups is 3. The molecule has 92 valence electrons. The number of rotatable bonds is 7. The summed E-state index contributed by atoms with van der Waals surface area (Å²) in [5.41, 5.74) is 0. The molecule has 0 unspecified atom stereocenters. The topological polar surface area (TPSA) is 86.7 Å². The van der Waals surface area contributed by atoms with E-state index in [0.717, 1.165) is 0 Å². The van der Waals surface area contributed by atoms with Crippen molar-refractivity contribution in [3.05, 3.63) is 0 Å². The Morgan fingerprint density at radius 2 is 1.88 bits per heavy atom. The van der Waals surface area contributed by atoms with Crippen LogP contribution in [0.1, 0.15) is 26.2 Å². The summed E-state index contributed by atoms with van der Waals surface area (Å²) >= 11 is 0. The van der Waals surface area contributed by atoms with Crippen molar-refractivity contribution in [2.45, 2.75) is 26.2 Å². The van der Waals surface area contributed by atoms with Gasteiger partial charge >= 0.3 is 5.97 Å². The van der Waals surface area contributed by atoms with Crippen LogP contribution in [0.3, 0.4) is 0 Å². The molecule has 0 heterocycles. The summed E-state index contributed by atoms with van der Waals surface area (Å²) in [6.45, 7) is 2.34. The maximum atomic E-state index is 11.4. The Hall–Kier alpha value is -1.59. The Kier molecular flexibility index (Phi) is 6.91. The third-order valence-electron chi connectivity index (χ3n) is 1.96. The zero-order valence-electron chi connectivity index (χ0n) is 9.65. The van der Waals surface area contributed by atoms with Crippen molar-refractivity contribution in [1.29, 1.82) is 0 Å². The Labute approximate surface area is 94.6 Å². The summed E-state index contributed by atoms with van der Waals surface area (Å²) in [4.78, 5) is 34.1. The molecule has 0 aliphatic carbocycles. The fourth-order valence-corrected chi connectivity index (χ4v) is 1.14. The molecule has 16 heavy (non-hydrogen) atoms. The van der Waals surface area contributed by atoms with Crippen molar-refractivity contribution in [2.24, 2.45) is 0 Å². The second-order valence-corrected chi connectivity index (χ2v) is 3.45. The van der Waals surface area contributed by atoms with E-state index >= 15 is 0 Å². The van der Waals surface area contributed by atoms with Gasteiger partial charge in [0.05, 0.1) is 6.54 Å². The molecule has 0 radical (unpaired) electrons. The van der Waals surface area contributed by atoms with Crippen molar-refractivity contribution >= 4 is 17.8 Å². The Morgan fingerprint density at radius 3 is 2.38 bits per heavy atom. The van der Waals surface area contributed by atoms with E-state index in [-0.39, 0.29) is 31.2 Å². The number of hydrogen-bond donors (Lipinski definition) is 2. The van der Waals surface area contributed by atoms with Gasteiger partial charge in [0.25, 0.3) is 0 Å². The first-order valence-electron chi connectivity index (χ1n) is 5.19. The standard InChI is InChI=1S/C10H18N2O4/c1-3-11-8(13)7-12(2)9(14)5-4-6-10(15)16/h3-7H2,1-2H3,(H,11,13)(H,15,16). The summed E-state index contributed by atoms with van der Waals surface area (Å²) in [6.07, 6.45) is 0.427. The first-order chi connectivity index (χ1) is 7.47. The molecular weight excluding hydrogens is 212 g/mol. The number of aliphatic carboxylic acids is 1. The number of carboxylic acids is 1. The average Bonchev–Trinajstić information content (AvgIpc) is 2.17. The number of nitrogens with one attached hydrogen (secondary N) is 1. The van der Waals surface area contributed by atoms with Crippen LogP contribution in [0, 0.1) is 0 Å². The van der Waals surface area contributed by atoms with Crippen LogP contribution >= 0.6 is 0 Å². The number of hydrogen-bond acceptors (Lipinski definition) is 3. The molecule has 6 nitrogen and oxygen atoms in total. The van der Waals surface area contributed by atoms with Crippen LogP contribution in [0.4, 0.5) is 0 Å². The minimum atomic E-state index is -0.917. The molecule has 0 fully saturated rings. The average molecular weight is 230 g/mol. The molecule has 0 spiro atoms. The highest BCUT2D eigenvalue weighted by Crippen LogP contribution is 1.99. The van der Waals surface area contributed by atoms with E-state index in [4.69, 9.17) is 5.11 Å². The van der Waals surface area contributed by atoms with Gasteiger partial charge in [-0.25, -0.2) is 0 Å². The molecule has 0 aliphatic rings. The van der Waals surface area contributed by atoms with Gasteiger partial charge in [-0.05, 0) is 13.3 Å². The van der Waals surface area contributed by atoms with Crippen LogP contribution in [-0.4, -0.2) is 47.9 Å². The van der Waals surface area contributed by atoms with E-state index in [1.807, 2.05) is 0 Å². The van der Waals surface area contributed by atoms with Crippen LogP contribution in [0.25, 0.3) is 0 Å². The first kappa shape index (κ1) is 14.4. The van der Waals surface area contributed by atoms with Gasteiger partial charge in [-0.1, -0.05) is 0 Å². The SMILES string of the molecule is CCNC(=O)CN(C)C(=O)CCCC(=O)O. The second kappa shape index (κ2) is 7.67. The predicted octanol–water partition coefficient (Wildman–Crippen LogP) is -0.164. The van der Waals surface area contributed by atoms with Gasteiger partial charge in [0, 0.05) is 26.4 Å². The van der Waals surface area contributed by atoms with Gasteiger partial charge in [0.15, 0.2) is 0 Å². The van der Waals surface area contributed by atoms with E-state index < -0.39 is 5.97 Å². The number of likely N-dealkylation sites (N-methyl/N-ethyl adjacent to an activating group) is 2. The van der Waals surface area contributed by atoms with Gasteiger partial charge in [0.2, 0.25) is 11.8 Å². The van der Waals surface area contributed by atoms with Gasteiger partial charge < -0.3 is 15.3 Å². The first-order valence-corrected chi connectivity index (χ1v) is 5.19. The smallest absolute Gasteiger partial charge is 0.303 e. The van der Waals surface area contributed by atoms with Crippen molar-refractivity contribution < 1.29 is 19.5 Å². The highest BCUT2D eigenvalue weighted by Gasteiger charge is 2.12. The molecule has 0 aromatic carbocycles. The number of nitrogens with zero attached hydrogens (tertiary/aromatic N) is 1. The maximum Gasteiger partial charge on any atom is 0.303 e. The minimum absolute atomic E-state index is 0.0136. The van der Waals surface area contributed by atoms with Crippen molar-refractivity contribution in [2.75, 3.05) is 20.1 Å².